The smallest absolute Gasteiger partial charge is 0.335 e. The van der Waals surface area contributed by atoms with Gasteiger partial charge in [-0.3, -0.25) is 14.9 Å². The topological polar surface area (TPSA) is 84.9 Å². The van der Waals surface area contributed by atoms with Crippen LogP contribution in [0.5, 0.6) is 11.5 Å². The molecule has 1 N–H and O–H groups in total. The highest BCUT2D eigenvalue weighted by Gasteiger charge is 2.36. The standard InChI is InChI=1S/C21H18ClFN2O5/c1-11(2)30-18-16(22)9-12(10-17(18)29-3)8-15-19(26)24-21(28)25(20(15)27)14-6-4-13(23)5-7-14/h4-11H,1-3H3,(H,24,26,28)/b15-8+. The molecule has 9 heteroatoms. The Labute approximate surface area is 177 Å². The third kappa shape index (κ3) is 4.28. The Hall–Kier alpha value is -3.39. The van der Waals surface area contributed by atoms with Gasteiger partial charge in [-0.15, -0.1) is 0 Å². The maximum Gasteiger partial charge on any atom is 0.335 e. The second-order valence-electron chi connectivity index (χ2n) is 6.63. The quantitative estimate of drug-likeness (QED) is 0.571. The third-order valence-corrected chi connectivity index (χ3v) is 4.38. The molecule has 1 aliphatic heterocycles. The Morgan fingerprint density at radius 3 is 2.40 bits per heavy atom. The minimum absolute atomic E-state index is 0.119. The molecule has 0 bridgehead atoms. The van der Waals surface area contributed by atoms with E-state index in [4.69, 9.17) is 21.1 Å². The SMILES string of the molecule is COc1cc(/C=C2\C(=O)NC(=O)N(c3ccc(F)cc3)C2=O)cc(Cl)c1OC(C)C. The van der Waals surface area contributed by atoms with Crippen LogP contribution in [0.3, 0.4) is 0 Å². The van der Waals surface area contributed by atoms with Gasteiger partial charge in [0.15, 0.2) is 11.5 Å². The lowest BCUT2D eigenvalue weighted by Crippen LogP contribution is -2.54. The van der Waals surface area contributed by atoms with E-state index in [-0.39, 0.29) is 22.4 Å². The Morgan fingerprint density at radius 1 is 1.13 bits per heavy atom. The number of nitrogens with zero attached hydrogens (tertiary/aromatic N) is 1. The van der Waals surface area contributed by atoms with E-state index in [9.17, 15) is 18.8 Å². The molecule has 0 saturated carbocycles. The first-order valence-electron chi connectivity index (χ1n) is 8.92. The van der Waals surface area contributed by atoms with Gasteiger partial charge in [-0.25, -0.2) is 14.1 Å². The van der Waals surface area contributed by atoms with Gasteiger partial charge in [-0.2, -0.15) is 0 Å². The number of ether oxygens (including phenoxy) is 2. The fraction of sp³-hybridized carbons (Fsp3) is 0.190. The fourth-order valence-electron chi connectivity index (χ4n) is 2.82. The predicted molar refractivity (Wildman–Crippen MR) is 109 cm³/mol. The van der Waals surface area contributed by atoms with Gasteiger partial charge in [0.25, 0.3) is 11.8 Å². The summed E-state index contributed by atoms with van der Waals surface area (Å²) in [5.74, 6) is -1.59. The summed E-state index contributed by atoms with van der Waals surface area (Å²) in [5.41, 5.74) is 0.211. The van der Waals surface area contributed by atoms with E-state index in [0.717, 1.165) is 17.0 Å². The zero-order valence-corrected chi connectivity index (χ0v) is 17.1. The Bertz CT molecular complexity index is 1050. The average molecular weight is 433 g/mol. The summed E-state index contributed by atoms with van der Waals surface area (Å²) in [5, 5.41) is 2.33. The van der Waals surface area contributed by atoms with E-state index in [0.29, 0.717) is 17.1 Å². The molecule has 3 rings (SSSR count). The van der Waals surface area contributed by atoms with Crippen LogP contribution in [0.2, 0.25) is 5.02 Å². The Balaban J connectivity index is 2.02. The van der Waals surface area contributed by atoms with Crippen LogP contribution in [-0.4, -0.2) is 31.1 Å². The second kappa shape index (κ2) is 8.54. The molecule has 0 radical (unpaired) electrons. The predicted octanol–water partition coefficient (Wildman–Crippen LogP) is 3.94. The van der Waals surface area contributed by atoms with Crippen LogP contribution in [0.4, 0.5) is 14.9 Å². The first kappa shape index (κ1) is 21.3. The van der Waals surface area contributed by atoms with Crippen molar-refractivity contribution in [1.29, 1.82) is 0 Å². The molecule has 1 heterocycles. The Morgan fingerprint density at radius 2 is 1.80 bits per heavy atom. The number of anilines is 1. The first-order chi connectivity index (χ1) is 14.2. The highest BCUT2D eigenvalue weighted by molar-refractivity contribution is 6.39. The summed E-state index contributed by atoms with van der Waals surface area (Å²) in [7, 11) is 1.43. The van der Waals surface area contributed by atoms with Gasteiger partial charge in [0.1, 0.15) is 11.4 Å². The monoisotopic (exact) mass is 432 g/mol. The number of rotatable bonds is 5. The number of carbonyl (C=O) groups excluding carboxylic acids is 3. The lowest BCUT2D eigenvalue weighted by atomic mass is 10.1. The van der Waals surface area contributed by atoms with Crippen molar-refractivity contribution >= 4 is 41.2 Å². The number of nitrogens with one attached hydrogen (secondary N) is 1. The third-order valence-electron chi connectivity index (χ3n) is 4.10. The van der Waals surface area contributed by atoms with Crippen molar-refractivity contribution in [1.82, 2.24) is 5.32 Å². The lowest BCUT2D eigenvalue weighted by Gasteiger charge is -2.26. The van der Waals surface area contributed by atoms with Crippen molar-refractivity contribution in [3.05, 3.63) is 58.4 Å². The molecule has 156 valence electrons. The molecule has 0 aromatic heterocycles. The van der Waals surface area contributed by atoms with E-state index in [1.54, 1.807) is 6.07 Å². The van der Waals surface area contributed by atoms with Crippen LogP contribution in [0.25, 0.3) is 6.08 Å². The molecule has 0 spiro atoms. The molecule has 0 atom stereocenters. The maximum atomic E-state index is 13.2. The molecule has 7 nitrogen and oxygen atoms in total. The molecular formula is C21H18ClFN2O5. The highest BCUT2D eigenvalue weighted by atomic mass is 35.5. The van der Waals surface area contributed by atoms with Gasteiger partial charge >= 0.3 is 6.03 Å². The molecule has 0 aliphatic carbocycles. The first-order valence-corrected chi connectivity index (χ1v) is 9.30. The van der Waals surface area contributed by atoms with Gasteiger partial charge < -0.3 is 9.47 Å². The zero-order chi connectivity index (χ0) is 22.0. The van der Waals surface area contributed by atoms with Gasteiger partial charge in [-0.1, -0.05) is 11.6 Å². The molecule has 30 heavy (non-hydrogen) atoms. The minimum atomic E-state index is -0.926. The highest BCUT2D eigenvalue weighted by Crippen LogP contribution is 2.38. The molecule has 4 amide bonds. The summed E-state index contributed by atoms with van der Waals surface area (Å²) in [4.78, 5) is 38.1. The summed E-state index contributed by atoms with van der Waals surface area (Å²) in [6, 6.07) is 6.87. The van der Waals surface area contributed by atoms with E-state index in [2.05, 4.69) is 5.32 Å². The molecule has 2 aromatic rings. The number of hydrogen-bond acceptors (Lipinski definition) is 5. The van der Waals surface area contributed by atoms with Gasteiger partial charge in [0.2, 0.25) is 0 Å². The number of halogens is 2. The largest absolute Gasteiger partial charge is 0.493 e. The van der Waals surface area contributed by atoms with Crippen molar-refractivity contribution in [3.8, 4) is 11.5 Å². The van der Waals surface area contributed by atoms with Crippen LogP contribution in [0, 0.1) is 5.82 Å². The molecule has 0 unspecified atom stereocenters. The number of carbonyl (C=O) groups is 3. The Kier molecular flexibility index (Phi) is 6.07. The van der Waals surface area contributed by atoms with Crippen LogP contribution in [-0.2, 0) is 9.59 Å². The number of hydrogen-bond donors (Lipinski definition) is 1. The molecule has 1 saturated heterocycles. The molecule has 1 fully saturated rings. The van der Waals surface area contributed by atoms with Crippen molar-refractivity contribution in [2.45, 2.75) is 20.0 Å². The minimum Gasteiger partial charge on any atom is -0.493 e. The molecule has 1 aliphatic rings. The van der Waals surface area contributed by atoms with Crippen molar-refractivity contribution < 1.29 is 28.2 Å². The molecular weight excluding hydrogens is 415 g/mol. The van der Waals surface area contributed by atoms with E-state index >= 15 is 0 Å². The normalized spacial score (nSPS) is 15.6. The van der Waals surface area contributed by atoms with Crippen LogP contribution in [0.1, 0.15) is 19.4 Å². The zero-order valence-electron chi connectivity index (χ0n) is 16.4. The number of barbiturate groups is 1. The second-order valence-corrected chi connectivity index (χ2v) is 7.04. The van der Waals surface area contributed by atoms with E-state index in [1.807, 2.05) is 13.8 Å². The summed E-state index contributed by atoms with van der Waals surface area (Å²) in [6.07, 6.45) is 1.13. The number of amides is 4. The van der Waals surface area contributed by atoms with Crippen LogP contribution >= 0.6 is 11.6 Å². The molecule has 2 aromatic carbocycles. The number of urea groups is 1. The van der Waals surface area contributed by atoms with Gasteiger partial charge in [-0.05, 0) is 61.9 Å². The van der Waals surface area contributed by atoms with Crippen LogP contribution in [0.15, 0.2) is 42.0 Å². The summed E-state index contributed by atoms with van der Waals surface area (Å²) >= 11 is 6.29. The number of imide groups is 2. The lowest BCUT2D eigenvalue weighted by molar-refractivity contribution is -0.122. The van der Waals surface area contributed by atoms with Crippen molar-refractivity contribution in [2.75, 3.05) is 12.0 Å². The summed E-state index contributed by atoms with van der Waals surface area (Å²) in [6.45, 7) is 3.66. The number of methoxy groups -OCH3 is 1. The maximum absolute atomic E-state index is 13.2. The fourth-order valence-corrected chi connectivity index (χ4v) is 3.09. The van der Waals surface area contributed by atoms with Crippen molar-refractivity contribution in [2.24, 2.45) is 0 Å². The summed E-state index contributed by atoms with van der Waals surface area (Å²) < 4.78 is 24.1. The van der Waals surface area contributed by atoms with Crippen LogP contribution < -0.4 is 19.7 Å². The average Bonchev–Trinajstić information content (AvgIpc) is 2.68. The van der Waals surface area contributed by atoms with Crippen molar-refractivity contribution in [3.63, 3.8) is 0 Å². The van der Waals surface area contributed by atoms with E-state index < -0.39 is 23.7 Å². The van der Waals surface area contributed by atoms with E-state index in [1.165, 1.54) is 31.4 Å². The van der Waals surface area contributed by atoms with Gasteiger partial charge in [0, 0.05) is 0 Å². The van der Waals surface area contributed by atoms with Gasteiger partial charge in [0.05, 0.1) is 23.9 Å². The number of benzene rings is 2.